The summed E-state index contributed by atoms with van der Waals surface area (Å²) in [5.74, 6) is 0.478. The van der Waals surface area contributed by atoms with Gasteiger partial charge in [0, 0.05) is 47.5 Å². The van der Waals surface area contributed by atoms with E-state index in [1.165, 1.54) is 0 Å². The van der Waals surface area contributed by atoms with E-state index in [0.29, 0.717) is 11.1 Å². The van der Waals surface area contributed by atoms with Crippen LogP contribution in [0.5, 0.6) is 0 Å². The van der Waals surface area contributed by atoms with Crippen LogP contribution in [-0.2, 0) is 0 Å². The first-order valence-corrected chi connectivity index (χ1v) is 18.1. The Bertz CT molecular complexity index is 3740. The normalized spacial score (nSPS) is 14.0. The summed E-state index contributed by atoms with van der Waals surface area (Å²) in [6.07, 6.45) is 0. The monoisotopic (exact) mass is 716 g/mol. The van der Waals surface area contributed by atoms with Gasteiger partial charge in [-0.05, 0) is 57.9 Å². The van der Waals surface area contributed by atoms with Crippen LogP contribution in [0.1, 0.15) is 12.3 Å². The van der Waals surface area contributed by atoms with Gasteiger partial charge in [0.2, 0.25) is 0 Å². The lowest BCUT2D eigenvalue weighted by Gasteiger charge is -2.10. The van der Waals surface area contributed by atoms with Gasteiger partial charge in [-0.1, -0.05) is 145 Å². The van der Waals surface area contributed by atoms with Crippen molar-refractivity contribution >= 4 is 64.2 Å². The fourth-order valence-electron chi connectivity index (χ4n) is 7.13. The molecule has 0 spiro atoms. The number of thiophene rings is 1. The van der Waals surface area contributed by atoms with Gasteiger partial charge in [-0.2, -0.15) is 0 Å². The molecular weight excluding hydrogens is 679 g/mol. The molecule has 4 nitrogen and oxygen atoms in total. The average molecular weight is 717 g/mol. The average Bonchev–Trinajstić information content (AvgIpc) is 3.90. The molecule has 0 atom stereocenters. The van der Waals surface area contributed by atoms with Crippen molar-refractivity contribution in [1.82, 2.24) is 15.0 Å². The van der Waals surface area contributed by atoms with Crippen molar-refractivity contribution < 1.29 is 16.8 Å². The fourth-order valence-corrected chi connectivity index (χ4v) is 8.30. The van der Waals surface area contributed by atoms with Crippen LogP contribution in [0.2, 0.25) is 0 Å². The van der Waals surface area contributed by atoms with Crippen LogP contribution in [0, 0.1) is 0 Å². The van der Waals surface area contributed by atoms with Crippen LogP contribution >= 0.6 is 11.3 Å². The van der Waals surface area contributed by atoms with Crippen LogP contribution in [-0.4, -0.2) is 15.0 Å². The van der Waals surface area contributed by atoms with Crippen molar-refractivity contribution in [1.29, 1.82) is 0 Å². The summed E-state index contributed by atoms with van der Waals surface area (Å²) in [5, 5.41) is 1.70. The quantitative estimate of drug-likeness (QED) is 0.178. The molecule has 0 radical (unpaired) electrons. The first kappa shape index (κ1) is 22.9. The third-order valence-electron chi connectivity index (χ3n) is 9.66. The molecule has 3 heterocycles. The Hall–Kier alpha value is -6.95. The Morgan fingerprint density at radius 3 is 1.96 bits per heavy atom. The summed E-state index contributed by atoms with van der Waals surface area (Å²) in [6.45, 7) is 0. The van der Waals surface area contributed by atoms with E-state index >= 15 is 0 Å². The minimum atomic E-state index is -0.563. The third kappa shape index (κ3) is 5.01. The van der Waals surface area contributed by atoms with Gasteiger partial charge in [0.05, 0.1) is 17.9 Å². The summed E-state index contributed by atoms with van der Waals surface area (Å²) in [6, 6.07) is 35.7. The molecule has 11 aromatic rings. The van der Waals surface area contributed by atoms with Crippen molar-refractivity contribution in [2.75, 3.05) is 0 Å². The van der Waals surface area contributed by atoms with Crippen LogP contribution in [0.3, 0.4) is 0 Å². The van der Waals surface area contributed by atoms with Crippen molar-refractivity contribution in [2.24, 2.45) is 0 Å². The highest BCUT2D eigenvalue weighted by Gasteiger charge is 2.20. The summed E-state index contributed by atoms with van der Waals surface area (Å²) in [5.41, 5.74) is 5.06. The molecule has 0 aliphatic carbocycles. The number of benzene rings is 8. The minimum Gasteiger partial charge on any atom is -0.455 e. The fraction of sp³-hybridized carbons (Fsp3) is 0. The molecule has 252 valence electrons. The molecule has 11 rings (SSSR count). The van der Waals surface area contributed by atoms with Gasteiger partial charge in [0.1, 0.15) is 11.2 Å². The Morgan fingerprint density at radius 2 is 1.11 bits per heavy atom. The summed E-state index contributed by atoms with van der Waals surface area (Å²) in [4.78, 5) is 14.9. The predicted octanol–water partition coefficient (Wildman–Crippen LogP) is 13.6. The Labute approximate surface area is 327 Å². The number of hydrogen-bond acceptors (Lipinski definition) is 5. The smallest absolute Gasteiger partial charge is 0.167 e. The number of aromatic nitrogens is 3. The Morgan fingerprint density at radius 1 is 0.426 bits per heavy atom. The van der Waals surface area contributed by atoms with E-state index in [4.69, 9.17) is 30.3 Å². The number of nitrogens with zero attached hydrogens (tertiary/aromatic N) is 3. The summed E-state index contributed by atoms with van der Waals surface area (Å²) in [7, 11) is 0. The van der Waals surface area contributed by atoms with E-state index in [1.807, 2.05) is 84.9 Å². The van der Waals surface area contributed by atoms with Gasteiger partial charge in [-0.25, -0.2) is 15.0 Å². The second kappa shape index (κ2) is 12.3. The van der Waals surface area contributed by atoms with Crippen molar-refractivity contribution in [3.8, 4) is 56.4 Å². The highest BCUT2D eigenvalue weighted by Crippen LogP contribution is 2.42. The van der Waals surface area contributed by atoms with Crippen LogP contribution in [0.15, 0.2) is 180 Å². The highest BCUT2D eigenvalue weighted by molar-refractivity contribution is 7.26. The zero-order valence-electron chi connectivity index (χ0n) is 37.2. The lowest BCUT2D eigenvalue weighted by molar-refractivity contribution is 0.673. The number of hydrogen-bond donors (Lipinski definition) is 0. The summed E-state index contributed by atoms with van der Waals surface area (Å²) >= 11 is 1.65. The Balaban J connectivity index is 1.20. The van der Waals surface area contributed by atoms with Crippen molar-refractivity contribution in [3.05, 3.63) is 176 Å². The SMILES string of the molecule is [2H]c1c([2H])c([2H])c2c(oc3c4c([2H])c([2H])c([2H])c([2H])c4c([2H])c([2H])c32)c1-c1nc(-c2cccc(-c3ccccc3)c2)nc(-c2ccc3c(c2)sc2cccc(-c4ccccc4)c23)n1. The second-order valence-electron chi connectivity index (χ2n) is 12.9. The summed E-state index contributed by atoms with van der Waals surface area (Å²) < 4.78 is 88.1. The first-order chi connectivity index (χ1) is 30.5. The van der Waals surface area contributed by atoms with Gasteiger partial charge in [0.15, 0.2) is 17.5 Å². The molecule has 5 heteroatoms. The predicted molar refractivity (Wildman–Crippen MR) is 225 cm³/mol. The number of rotatable bonds is 5. The van der Waals surface area contributed by atoms with Crippen molar-refractivity contribution in [2.45, 2.75) is 0 Å². The van der Waals surface area contributed by atoms with E-state index in [2.05, 4.69) is 36.4 Å². The Kier molecular flexibility index (Phi) is 5.22. The van der Waals surface area contributed by atoms with Crippen LogP contribution in [0.25, 0.3) is 109 Å². The van der Waals surface area contributed by atoms with Crippen LogP contribution in [0.4, 0.5) is 0 Å². The molecular formula is C49H29N3OS. The number of fused-ring (bicyclic) bond motifs is 8. The lowest BCUT2D eigenvalue weighted by atomic mass is 9.99. The number of para-hydroxylation sites is 1. The molecule has 0 saturated heterocycles. The zero-order valence-corrected chi connectivity index (χ0v) is 29.0. The largest absolute Gasteiger partial charge is 0.455 e. The zero-order chi connectivity index (χ0) is 43.4. The maximum atomic E-state index is 9.31. The van der Waals surface area contributed by atoms with E-state index in [9.17, 15) is 1.37 Å². The van der Waals surface area contributed by atoms with Gasteiger partial charge < -0.3 is 4.42 Å². The molecule has 54 heavy (non-hydrogen) atoms. The molecule has 0 saturated carbocycles. The van der Waals surface area contributed by atoms with Gasteiger partial charge in [-0.3, -0.25) is 0 Å². The molecule has 0 amide bonds. The minimum absolute atomic E-state index is 0.0469. The maximum absolute atomic E-state index is 9.31. The lowest BCUT2D eigenvalue weighted by Crippen LogP contribution is -2.00. The molecule has 0 unspecified atom stereocenters. The molecule has 0 bridgehead atoms. The number of furan rings is 1. The van der Waals surface area contributed by atoms with Gasteiger partial charge in [-0.15, -0.1) is 11.3 Å². The highest BCUT2D eigenvalue weighted by atomic mass is 32.1. The standard InChI is InChI=1S/C49H29N3OS/c1-3-12-30(13-4-1)33-17-9-18-34(28-33)47-50-48(35-25-27-40-43(29-35)54-42-23-11-20-36(44(40)42)31-14-5-2-6-15-31)52-49(51-47)41-22-10-21-38-39-26-24-32-16-7-8-19-37(32)45(39)53-46(38)41/h1-29H/i7D,8D,10D,16D,19D,21D,22D,24D,26D. The molecule has 8 aromatic carbocycles. The topological polar surface area (TPSA) is 51.8 Å². The first-order valence-electron chi connectivity index (χ1n) is 21.8. The van der Waals surface area contributed by atoms with Gasteiger partial charge in [0.25, 0.3) is 0 Å². The van der Waals surface area contributed by atoms with Crippen LogP contribution < -0.4 is 0 Å². The molecule has 0 fully saturated rings. The second-order valence-corrected chi connectivity index (χ2v) is 14.0. The molecule has 0 aliphatic heterocycles. The van der Waals surface area contributed by atoms with Crippen molar-refractivity contribution in [3.63, 3.8) is 0 Å². The van der Waals surface area contributed by atoms with Gasteiger partial charge >= 0.3 is 0 Å². The third-order valence-corrected chi connectivity index (χ3v) is 10.8. The molecule has 0 aliphatic rings. The van der Waals surface area contributed by atoms with E-state index in [0.717, 1.165) is 42.4 Å². The van der Waals surface area contributed by atoms with E-state index < -0.39 is 54.4 Å². The maximum Gasteiger partial charge on any atom is 0.167 e. The molecule has 0 N–H and O–H groups in total. The van der Waals surface area contributed by atoms with E-state index in [-0.39, 0.29) is 55.7 Å². The van der Waals surface area contributed by atoms with E-state index in [1.54, 1.807) is 11.3 Å². The molecule has 3 aromatic heterocycles.